The summed E-state index contributed by atoms with van der Waals surface area (Å²) in [5.74, 6) is 0.909. The molecule has 0 amide bonds. The van der Waals surface area contributed by atoms with E-state index < -0.39 is 0 Å². The van der Waals surface area contributed by atoms with Gasteiger partial charge in [0.15, 0.2) is 0 Å². The van der Waals surface area contributed by atoms with E-state index in [-0.39, 0.29) is 5.69 Å². The van der Waals surface area contributed by atoms with Crippen molar-refractivity contribution < 1.29 is 0 Å². The highest BCUT2D eigenvalue weighted by molar-refractivity contribution is 7.98. The van der Waals surface area contributed by atoms with Crippen molar-refractivity contribution in [2.24, 2.45) is 0 Å². The van der Waals surface area contributed by atoms with Gasteiger partial charge >= 0.3 is 5.69 Å². The first-order chi connectivity index (χ1) is 6.29. The maximum atomic E-state index is 11.5. The lowest BCUT2D eigenvalue weighted by Crippen LogP contribution is -2.23. The van der Waals surface area contributed by atoms with Crippen molar-refractivity contribution in [2.45, 2.75) is 13.5 Å². The van der Waals surface area contributed by atoms with Crippen molar-refractivity contribution in [1.29, 1.82) is 0 Å². The van der Waals surface area contributed by atoms with Gasteiger partial charge in [0.25, 0.3) is 0 Å². The summed E-state index contributed by atoms with van der Waals surface area (Å²) in [7, 11) is 0. The lowest BCUT2D eigenvalue weighted by molar-refractivity contribution is 0.636. The lowest BCUT2D eigenvalue weighted by Gasteiger charge is -1.94. The van der Waals surface area contributed by atoms with Gasteiger partial charge in [-0.05, 0) is 13.2 Å². The number of hydrogen-bond donors (Lipinski definition) is 0. The molecule has 4 nitrogen and oxygen atoms in total. The predicted molar refractivity (Wildman–Crippen MR) is 55.9 cm³/mol. The molecule has 1 aromatic heterocycles. The molecule has 0 unspecified atom stereocenters. The van der Waals surface area contributed by atoms with Crippen LogP contribution in [0.15, 0.2) is 17.2 Å². The summed E-state index contributed by atoms with van der Waals surface area (Å²) >= 11 is 1.70. The molecule has 0 spiro atoms. The van der Waals surface area contributed by atoms with Gasteiger partial charge < -0.3 is 0 Å². The monoisotopic (exact) mass is 199 g/mol. The molecule has 5 heteroatoms. The van der Waals surface area contributed by atoms with E-state index in [1.54, 1.807) is 18.0 Å². The fourth-order valence-electron chi connectivity index (χ4n) is 0.944. The van der Waals surface area contributed by atoms with Crippen LogP contribution in [-0.4, -0.2) is 26.4 Å². The summed E-state index contributed by atoms with van der Waals surface area (Å²) in [6.07, 6.45) is 7.05. The van der Waals surface area contributed by atoms with Crippen LogP contribution in [0.4, 0.5) is 0 Å². The summed E-state index contributed by atoms with van der Waals surface area (Å²) < 4.78 is 2.94. The van der Waals surface area contributed by atoms with Gasteiger partial charge in [0.1, 0.15) is 6.33 Å². The molecule has 1 rings (SSSR count). The van der Waals surface area contributed by atoms with Crippen molar-refractivity contribution in [3.8, 4) is 0 Å². The van der Waals surface area contributed by atoms with Crippen molar-refractivity contribution >= 4 is 18.0 Å². The van der Waals surface area contributed by atoms with E-state index in [2.05, 4.69) is 5.10 Å². The number of aromatic nitrogens is 3. The molecule has 0 saturated heterocycles. The Kier molecular flexibility index (Phi) is 3.82. The van der Waals surface area contributed by atoms with Crippen LogP contribution < -0.4 is 5.69 Å². The molecule has 0 aliphatic carbocycles. The smallest absolute Gasteiger partial charge is 0.257 e. The topological polar surface area (TPSA) is 39.8 Å². The molecule has 0 N–H and O–H groups in total. The highest BCUT2D eigenvalue weighted by Crippen LogP contribution is 1.91. The standard InChI is InChI=1S/C8H13N3OS/c1-3-4-10-7-9-11(8(10)12)5-6-13-2/h3-4,7H,5-6H2,1-2H3/b4-3-. The van der Waals surface area contributed by atoms with E-state index in [0.29, 0.717) is 6.54 Å². The van der Waals surface area contributed by atoms with Gasteiger partial charge in [-0.25, -0.2) is 9.48 Å². The quantitative estimate of drug-likeness (QED) is 0.723. The average Bonchev–Trinajstić information content (AvgIpc) is 2.46. The van der Waals surface area contributed by atoms with Crippen LogP contribution in [0, 0.1) is 0 Å². The Morgan fingerprint density at radius 3 is 3.08 bits per heavy atom. The van der Waals surface area contributed by atoms with Gasteiger partial charge in [0, 0.05) is 12.0 Å². The minimum Gasteiger partial charge on any atom is -0.257 e. The molecule has 1 heterocycles. The van der Waals surface area contributed by atoms with E-state index in [1.165, 1.54) is 15.6 Å². The van der Waals surface area contributed by atoms with Gasteiger partial charge in [-0.2, -0.15) is 16.9 Å². The summed E-state index contributed by atoms with van der Waals surface area (Å²) in [6, 6.07) is 0. The van der Waals surface area contributed by atoms with Crippen LogP contribution in [0.25, 0.3) is 6.20 Å². The number of hydrogen-bond acceptors (Lipinski definition) is 3. The number of aryl methyl sites for hydroxylation is 1. The maximum absolute atomic E-state index is 11.5. The van der Waals surface area contributed by atoms with Crippen LogP contribution in [0.2, 0.25) is 0 Å². The van der Waals surface area contributed by atoms with Crippen LogP contribution >= 0.6 is 11.8 Å². The molecule has 0 atom stereocenters. The average molecular weight is 199 g/mol. The Labute approximate surface area is 81.3 Å². The second kappa shape index (κ2) is 4.91. The zero-order valence-electron chi connectivity index (χ0n) is 7.80. The summed E-state index contributed by atoms with van der Waals surface area (Å²) in [6.45, 7) is 2.54. The van der Waals surface area contributed by atoms with E-state index in [0.717, 1.165) is 5.75 Å². The molecule has 13 heavy (non-hydrogen) atoms. The van der Waals surface area contributed by atoms with Crippen LogP contribution in [-0.2, 0) is 6.54 Å². The molecule has 0 fully saturated rings. The second-order valence-corrected chi connectivity index (χ2v) is 3.50. The Hall–Kier alpha value is -0.970. The van der Waals surface area contributed by atoms with E-state index in [1.807, 2.05) is 19.3 Å². The van der Waals surface area contributed by atoms with Crippen molar-refractivity contribution in [2.75, 3.05) is 12.0 Å². The minimum atomic E-state index is -0.0767. The molecule has 72 valence electrons. The Morgan fingerprint density at radius 2 is 2.46 bits per heavy atom. The number of nitrogens with zero attached hydrogens (tertiary/aromatic N) is 3. The van der Waals surface area contributed by atoms with E-state index in [9.17, 15) is 4.79 Å². The zero-order valence-corrected chi connectivity index (χ0v) is 8.62. The molecule has 0 aliphatic heterocycles. The number of allylic oxidation sites excluding steroid dienone is 1. The summed E-state index contributed by atoms with van der Waals surface area (Å²) in [5.41, 5.74) is -0.0767. The largest absolute Gasteiger partial charge is 0.349 e. The normalized spacial score (nSPS) is 11.2. The highest BCUT2D eigenvalue weighted by atomic mass is 32.2. The van der Waals surface area contributed by atoms with Crippen molar-refractivity contribution in [1.82, 2.24) is 14.3 Å². The highest BCUT2D eigenvalue weighted by Gasteiger charge is 2.00. The van der Waals surface area contributed by atoms with E-state index >= 15 is 0 Å². The van der Waals surface area contributed by atoms with Gasteiger partial charge in [-0.15, -0.1) is 0 Å². The van der Waals surface area contributed by atoms with Gasteiger partial charge in [0.2, 0.25) is 0 Å². The van der Waals surface area contributed by atoms with Gasteiger partial charge in [-0.1, -0.05) is 6.08 Å². The van der Waals surface area contributed by atoms with Crippen LogP contribution in [0.1, 0.15) is 6.92 Å². The molecule has 0 aliphatic rings. The first-order valence-corrected chi connectivity index (χ1v) is 5.44. The zero-order chi connectivity index (χ0) is 9.68. The minimum absolute atomic E-state index is 0.0767. The van der Waals surface area contributed by atoms with E-state index in [4.69, 9.17) is 0 Å². The third kappa shape index (κ3) is 2.48. The second-order valence-electron chi connectivity index (χ2n) is 2.52. The van der Waals surface area contributed by atoms with Crippen LogP contribution in [0.3, 0.4) is 0 Å². The maximum Gasteiger partial charge on any atom is 0.349 e. The fraction of sp³-hybridized carbons (Fsp3) is 0.500. The van der Waals surface area contributed by atoms with Crippen molar-refractivity contribution in [3.63, 3.8) is 0 Å². The summed E-state index contributed by atoms with van der Waals surface area (Å²) in [4.78, 5) is 11.5. The molecular weight excluding hydrogens is 186 g/mol. The molecule has 0 bridgehead atoms. The predicted octanol–water partition coefficient (Wildman–Crippen LogP) is 0.898. The molecule has 0 aromatic carbocycles. The molecule has 0 radical (unpaired) electrons. The first-order valence-electron chi connectivity index (χ1n) is 4.05. The van der Waals surface area contributed by atoms with Crippen LogP contribution in [0.5, 0.6) is 0 Å². The Balaban J connectivity index is 2.80. The SMILES string of the molecule is C/C=C\n1cnn(CCSC)c1=O. The third-order valence-electron chi connectivity index (χ3n) is 1.57. The number of rotatable bonds is 4. The van der Waals surface area contributed by atoms with Gasteiger partial charge in [0.05, 0.1) is 6.54 Å². The molecule has 0 saturated carbocycles. The van der Waals surface area contributed by atoms with Crippen molar-refractivity contribution in [3.05, 3.63) is 22.9 Å². The third-order valence-corrected chi connectivity index (χ3v) is 2.16. The summed E-state index contributed by atoms with van der Waals surface area (Å²) in [5, 5.41) is 3.97. The Bertz CT molecular complexity index is 339. The Morgan fingerprint density at radius 1 is 1.69 bits per heavy atom. The van der Waals surface area contributed by atoms with Gasteiger partial charge in [-0.3, -0.25) is 4.57 Å². The molecular formula is C8H13N3OS. The number of thioether (sulfide) groups is 1. The fourth-order valence-corrected chi connectivity index (χ4v) is 1.30. The molecule has 1 aromatic rings. The first kappa shape index (κ1) is 10.1. The lowest BCUT2D eigenvalue weighted by atomic mass is 10.7.